The molecule has 1 amide bonds. The summed E-state index contributed by atoms with van der Waals surface area (Å²) in [5.41, 5.74) is 0.697. The summed E-state index contributed by atoms with van der Waals surface area (Å²) in [7, 11) is 0. The number of nitrogens with one attached hydrogen (secondary N) is 1. The van der Waals surface area contributed by atoms with Crippen LogP contribution in [0.25, 0.3) is 0 Å². The Labute approximate surface area is 142 Å². The third kappa shape index (κ3) is 5.16. The molecule has 0 atom stereocenters. The standard InChI is InChI=1S/C14H10F3IN2OS/c15-14(16,17)8-22-13-11(5-2-6-19-13)12(21)20-10-4-1-3-9(18)7-10/h1-7H,8H2,(H,20,21). The monoisotopic (exact) mass is 438 g/mol. The molecule has 0 fully saturated rings. The highest BCUT2D eigenvalue weighted by Crippen LogP contribution is 2.28. The molecule has 1 aromatic heterocycles. The Morgan fingerprint density at radius 1 is 1.27 bits per heavy atom. The van der Waals surface area contributed by atoms with Gasteiger partial charge in [0.25, 0.3) is 5.91 Å². The number of anilines is 1. The summed E-state index contributed by atoms with van der Waals surface area (Å²) in [6.45, 7) is 0. The molecule has 8 heteroatoms. The highest BCUT2D eigenvalue weighted by Gasteiger charge is 2.28. The van der Waals surface area contributed by atoms with Gasteiger partial charge in [-0.1, -0.05) is 17.8 Å². The second kappa shape index (κ2) is 7.32. The number of amides is 1. The van der Waals surface area contributed by atoms with E-state index in [1.54, 1.807) is 18.2 Å². The van der Waals surface area contributed by atoms with Gasteiger partial charge < -0.3 is 5.32 Å². The Hall–Kier alpha value is -1.29. The van der Waals surface area contributed by atoms with Crippen molar-refractivity contribution in [1.82, 2.24) is 4.98 Å². The van der Waals surface area contributed by atoms with Crippen molar-refractivity contribution in [3.8, 4) is 0 Å². The molecular formula is C14H10F3IN2OS. The summed E-state index contributed by atoms with van der Waals surface area (Å²) in [5, 5.41) is 2.72. The number of pyridine rings is 1. The van der Waals surface area contributed by atoms with E-state index in [2.05, 4.69) is 32.9 Å². The molecule has 22 heavy (non-hydrogen) atoms. The van der Waals surface area contributed by atoms with Crippen LogP contribution in [0, 0.1) is 3.57 Å². The molecule has 0 bridgehead atoms. The third-order valence-electron chi connectivity index (χ3n) is 2.47. The number of alkyl halides is 3. The molecule has 2 aromatic rings. The maximum absolute atomic E-state index is 12.3. The zero-order valence-corrected chi connectivity index (χ0v) is 14.0. The number of carbonyl (C=O) groups excluding carboxylic acids is 1. The van der Waals surface area contributed by atoms with Crippen molar-refractivity contribution < 1.29 is 18.0 Å². The Morgan fingerprint density at radius 2 is 2.05 bits per heavy atom. The van der Waals surface area contributed by atoms with E-state index in [-0.39, 0.29) is 10.6 Å². The summed E-state index contributed by atoms with van der Waals surface area (Å²) in [6.07, 6.45) is -2.95. The first kappa shape index (κ1) is 17.1. The molecule has 0 unspecified atom stereocenters. The average Bonchev–Trinajstić information content (AvgIpc) is 2.44. The molecule has 1 aromatic carbocycles. The van der Waals surface area contributed by atoms with Crippen LogP contribution < -0.4 is 5.32 Å². The minimum absolute atomic E-state index is 0.0583. The van der Waals surface area contributed by atoms with E-state index < -0.39 is 17.8 Å². The fourth-order valence-electron chi connectivity index (χ4n) is 1.59. The number of benzene rings is 1. The van der Waals surface area contributed by atoms with Crippen LogP contribution in [-0.2, 0) is 0 Å². The number of aromatic nitrogens is 1. The number of carbonyl (C=O) groups is 1. The van der Waals surface area contributed by atoms with Crippen molar-refractivity contribution >= 4 is 45.9 Å². The number of nitrogens with zero attached hydrogens (tertiary/aromatic N) is 1. The first-order valence-electron chi connectivity index (χ1n) is 6.06. The lowest BCUT2D eigenvalue weighted by Gasteiger charge is -2.10. The zero-order chi connectivity index (χ0) is 16.2. The van der Waals surface area contributed by atoms with Crippen LogP contribution in [0.1, 0.15) is 10.4 Å². The van der Waals surface area contributed by atoms with Crippen LogP contribution in [0.5, 0.6) is 0 Å². The zero-order valence-electron chi connectivity index (χ0n) is 11.0. The third-order valence-corrected chi connectivity index (χ3v) is 4.21. The summed E-state index contributed by atoms with van der Waals surface area (Å²) in [4.78, 5) is 16.1. The minimum Gasteiger partial charge on any atom is -0.322 e. The van der Waals surface area contributed by atoms with Crippen molar-refractivity contribution in [2.24, 2.45) is 0 Å². The number of hydrogen-bond acceptors (Lipinski definition) is 3. The molecule has 116 valence electrons. The first-order valence-corrected chi connectivity index (χ1v) is 8.13. The molecule has 0 aliphatic heterocycles. The van der Waals surface area contributed by atoms with Gasteiger partial charge in [-0.2, -0.15) is 13.2 Å². The molecule has 3 nitrogen and oxygen atoms in total. The molecular weight excluding hydrogens is 428 g/mol. The van der Waals surface area contributed by atoms with Crippen molar-refractivity contribution in [3.63, 3.8) is 0 Å². The van der Waals surface area contributed by atoms with Crippen LogP contribution in [-0.4, -0.2) is 22.8 Å². The molecule has 0 saturated carbocycles. The number of halogens is 4. The van der Waals surface area contributed by atoms with Gasteiger partial charge in [0.15, 0.2) is 0 Å². The minimum atomic E-state index is -4.31. The molecule has 0 aliphatic carbocycles. The van der Waals surface area contributed by atoms with E-state index in [1.165, 1.54) is 18.3 Å². The summed E-state index contributed by atoms with van der Waals surface area (Å²) in [5.74, 6) is -1.58. The molecule has 2 rings (SSSR count). The predicted molar refractivity (Wildman–Crippen MR) is 88.1 cm³/mol. The smallest absolute Gasteiger partial charge is 0.322 e. The van der Waals surface area contributed by atoms with Gasteiger partial charge in [-0.05, 0) is 52.9 Å². The number of thioether (sulfide) groups is 1. The lowest BCUT2D eigenvalue weighted by molar-refractivity contribution is -0.105. The maximum atomic E-state index is 12.3. The lowest BCUT2D eigenvalue weighted by Crippen LogP contribution is -2.15. The Balaban J connectivity index is 2.15. The molecule has 1 N–H and O–H groups in total. The molecule has 1 heterocycles. The van der Waals surface area contributed by atoms with E-state index in [0.717, 1.165) is 3.57 Å². The molecule has 0 radical (unpaired) electrons. The fraction of sp³-hybridized carbons (Fsp3) is 0.143. The van der Waals surface area contributed by atoms with Crippen LogP contribution in [0.4, 0.5) is 18.9 Å². The fourth-order valence-corrected chi connectivity index (χ4v) is 2.89. The highest BCUT2D eigenvalue weighted by molar-refractivity contribution is 14.1. The molecule has 0 saturated heterocycles. The van der Waals surface area contributed by atoms with Gasteiger partial charge in [0.1, 0.15) is 5.03 Å². The topological polar surface area (TPSA) is 42.0 Å². The second-order valence-corrected chi connectivity index (χ2v) is 6.43. The number of hydrogen-bond donors (Lipinski definition) is 1. The van der Waals surface area contributed by atoms with E-state index in [1.807, 2.05) is 6.07 Å². The van der Waals surface area contributed by atoms with E-state index in [9.17, 15) is 18.0 Å². The van der Waals surface area contributed by atoms with Crippen molar-refractivity contribution in [3.05, 3.63) is 51.7 Å². The Bertz CT molecular complexity index is 679. The van der Waals surface area contributed by atoms with Crippen LogP contribution in [0.2, 0.25) is 0 Å². The van der Waals surface area contributed by atoms with E-state index >= 15 is 0 Å². The van der Waals surface area contributed by atoms with Crippen molar-refractivity contribution in [1.29, 1.82) is 0 Å². The predicted octanol–water partition coefficient (Wildman–Crippen LogP) is 4.59. The van der Waals surface area contributed by atoms with Gasteiger partial charge in [-0.25, -0.2) is 4.98 Å². The van der Waals surface area contributed by atoms with Gasteiger partial charge >= 0.3 is 6.18 Å². The van der Waals surface area contributed by atoms with Gasteiger partial charge in [0, 0.05) is 15.5 Å². The van der Waals surface area contributed by atoms with Crippen molar-refractivity contribution in [2.45, 2.75) is 11.2 Å². The van der Waals surface area contributed by atoms with Gasteiger partial charge in [-0.15, -0.1) is 0 Å². The average molecular weight is 438 g/mol. The van der Waals surface area contributed by atoms with Crippen LogP contribution in [0.3, 0.4) is 0 Å². The summed E-state index contributed by atoms with van der Waals surface area (Å²) in [6, 6.07) is 10.1. The SMILES string of the molecule is O=C(Nc1cccc(I)c1)c1cccnc1SCC(F)(F)F. The highest BCUT2D eigenvalue weighted by atomic mass is 127. The normalized spacial score (nSPS) is 11.3. The number of rotatable bonds is 4. The van der Waals surface area contributed by atoms with Gasteiger partial charge in [0.05, 0.1) is 11.3 Å². The van der Waals surface area contributed by atoms with Crippen LogP contribution in [0.15, 0.2) is 47.6 Å². The van der Waals surface area contributed by atoms with Gasteiger partial charge in [0.2, 0.25) is 0 Å². The quantitative estimate of drug-likeness (QED) is 0.561. The first-order chi connectivity index (χ1) is 10.3. The maximum Gasteiger partial charge on any atom is 0.398 e. The lowest BCUT2D eigenvalue weighted by atomic mass is 10.2. The Morgan fingerprint density at radius 3 is 2.73 bits per heavy atom. The van der Waals surface area contributed by atoms with Crippen LogP contribution >= 0.6 is 34.4 Å². The Kier molecular flexibility index (Phi) is 5.68. The van der Waals surface area contributed by atoms with E-state index in [0.29, 0.717) is 17.4 Å². The van der Waals surface area contributed by atoms with Crippen molar-refractivity contribution in [2.75, 3.05) is 11.1 Å². The summed E-state index contributed by atoms with van der Waals surface area (Å²) >= 11 is 2.60. The van der Waals surface area contributed by atoms with Gasteiger partial charge in [-0.3, -0.25) is 4.79 Å². The largest absolute Gasteiger partial charge is 0.398 e. The summed E-state index contributed by atoms with van der Waals surface area (Å²) < 4.78 is 37.9. The molecule has 0 aliphatic rings. The second-order valence-electron chi connectivity index (χ2n) is 4.22. The van der Waals surface area contributed by atoms with E-state index in [4.69, 9.17) is 0 Å². The molecule has 0 spiro atoms.